The summed E-state index contributed by atoms with van der Waals surface area (Å²) in [5.74, 6) is -0.869. The molecule has 194 valence electrons. The van der Waals surface area contributed by atoms with Gasteiger partial charge in [0.1, 0.15) is 31.5 Å². The average Bonchev–Trinajstić information content (AvgIpc) is 3.02. The molecule has 1 aromatic rings. The van der Waals surface area contributed by atoms with Crippen LogP contribution in [0.15, 0.2) is 21.9 Å². The Hall–Kier alpha value is -1.63. The van der Waals surface area contributed by atoms with E-state index in [-0.39, 0.29) is 0 Å². The molecule has 0 aliphatic carbocycles. The van der Waals surface area contributed by atoms with Gasteiger partial charge in [0.2, 0.25) is 0 Å². The topological polar surface area (TPSA) is 274 Å². The highest BCUT2D eigenvalue weighted by atomic mass is 31.3. The zero-order chi connectivity index (χ0) is 25.7. The summed E-state index contributed by atoms with van der Waals surface area (Å²) in [6, 6.07) is 0.936. The molecule has 1 aliphatic heterocycles. The van der Waals surface area contributed by atoms with E-state index in [9.17, 15) is 43.5 Å². The molecular weight excluding hydrogens is 514 g/mol. The van der Waals surface area contributed by atoms with Crippen LogP contribution >= 0.6 is 15.6 Å². The van der Waals surface area contributed by atoms with E-state index < -0.39 is 89.9 Å². The van der Waals surface area contributed by atoms with Gasteiger partial charge in [-0.05, 0) is 0 Å². The van der Waals surface area contributed by atoms with Crippen LogP contribution < -0.4 is 11.2 Å². The molecule has 34 heavy (non-hydrogen) atoms. The Labute approximate surface area is 189 Å². The van der Waals surface area contributed by atoms with Gasteiger partial charge in [0.05, 0.1) is 13.2 Å². The van der Waals surface area contributed by atoms with Gasteiger partial charge in [-0.1, -0.05) is 0 Å². The predicted molar refractivity (Wildman–Crippen MR) is 104 cm³/mol. The van der Waals surface area contributed by atoms with Crippen LogP contribution in [0.2, 0.25) is 0 Å². The molecule has 7 atom stereocenters. The molecule has 1 aliphatic rings. The quantitative estimate of drug-likeness (QED) is 0.0943. The standard InChI is InChI=1S/C14H22N2O16P2/c17-3-7(19)5-28-10(4-18)31-34(26,27)32-33(24,25)29-6-8-11(21)12(22)13(30-8)16-2-1-9(20)15-14(16)23/h1-2,8,10-13,17-18,21-22H,3-6H2,(H,24,25)(H,26,27)(H,15,20,23)/t8-,10-,11-,12-,13-/m1/s1. The molecule has 1 saturated heterocycles. The Morgan fingerprint density at radius 2 is 1.85 bits per heavy atom. The van der Waals surface area contributed by atoms with Crippen molar-refractivity contribution >= 4 is 21.4 Å². The lowest BCUT2D eigenvalue weighted by Crippen LogP contribution is -2.37. The number of H-pyrrole nitrogens is 1. The lowest BCUT2D eigenvalue weighted by atomic mass is 10.1. The summed E-state index contributed by atoms with van der Waals surface area (Å²) in [6.07, 6.45) is -7.57. The van der Waals surface area contributed by atoms with Crippen molar-refractivity contribution in [1.29, 1.82) is 0 Å². The number of carbonyl (C=O) groups is 1. The van der Waals surface area contributed by atoms with Gasteiger partial charge in [-0.3, -0.25) is 28.2 Å². The van der Waals surface area contributed by atoms with Crippen LogP contribution in [0.4, 0.5) is 0 Å². The van der Waals surface area contributed by atoms with Crippen LogP contribution in [0.3, 0.4) is 0 Å². The number of phosphoric acid groups is 2. The first-order valence-corrected chi connectivity index (χ1v) is 12.2. The summed E-state index contributed by atoms with van der Waals surface area (Å²) < 4.78 is 47.3. The molecule has 0 bridgehead atoms. The number of rotatable bonds is 13. The van der Waals surface area contributed by atoms with E-state index in [1.165, 1.54) is 0 Å². The first kappa shape index (κ1) is 28.6. The van der Waals surface area contributed by atoms with Crippen molar-refractivity contribution in [3.8, 4) is 0 Å². The van der Waals surface area contributed by atoms with E-state index in [0.717, 1.165) is 16.8 Å². The lowest BCUT2D eigenvalue weighted by Gasteiger charge is -2.21. The molecule has 2 unspecified atom stereocenters. The van der Waals surface area contributed by atoms with Crippen LogP contribution in [0.1, 0.15) is 6.23 Å². The van der Waals surface area contributed by atoms with E-state index in [1.54, 1.807) is 0 Å². The minimum absolute atomic E-state index is 0.733. The van der Waals surface area contributed by atoms with Crippen LogP contribution in [-0.2, 0) is 36.8 Å². The molecule has 0 aromatic carbocycles. The number of ether oxygens (including phenoxy) is 2. The van der Waals surface area contributed by atoms with Crippen molar-refractivity contribution in [2.24, 2.45) is 0 Å². The van der Waals surface area contributed by atoms with Crippen molar-refractivity contribution < 1.29 is 67.0 Å². The van der Waals surface area contributed by atoms with Gasteiger partial charge in [0.25, 0.3) is 5.56 Å². The number of Topliss-reactive ketones (excluding diaryl/α,β-unsaturated/α-hetero) is 1. The molecule has 1 fully saturated rings. The first-order valence-electron chi connectivity index (χ1n) is 9.16. The highest BCUT2D eigenvalue weighted by Crippen LogP contribution is 2.61. The molecule has 18 nitrogen and oxygen atoms in total. The number of nitrogens with one attached hydrogen (secondary N) is 1. The van der Waals surface area contributed by atoms with Crippen molar-refractivity contribution in [3.05, 3.63) is 33.1 Å². The Kier molecular flexibility index (Phi) is 9.99. The highest BCUT2D eigenvalue weighted by molar-refractivity contribution is 7.61. The second-order valence-corrected chi connectivity index (χ2v) is 9.60. The summed E-state index contributed by atoms with van der Waals surface area (Å²) >= 11 is 0. The molecule has 7 N–H and O–H groups in total. The Morgan fingerprint density at radius 3 is 2.44 bits per heavy atom. The van der Waals surface area contributed by atoms with Crippen LogP contribution in [0.25, 0.3) is 0 Å². The van der Waals surface area contributed by atoms with Gasteiger partial charge in [0.15, 0.2) is 18.3 Å². The molecule has 0 saturated carbocycles. The van der Waals surface area contributed by atoms with Crippen molar-refractivity contribution in [1.82, 2.24) is 9.55 Å². The van der Waals surface area contributed by atoms with Crippen LogP contribution in [-0.4, -0.2) is 96.6 Å². The highest BCUT2D eigenvalue weighted by Gasteiger charge is 2.46. The number of aromatic nitrogens is 2. The second kappa shape index (κ2) is 11.9. The lowest BCUT2D eigenvalue weighted by molar-refractivity contribution is -0.145. The number of phosphoric ester groups is 2. The number of aliphatic hydroxyl groups excluding tert-OH is 4. The third-order valence-corrected chi connectivity index (χ3v) is 6.71. The molecule has 2 heterocycles. The van der Waals surface area contributed by atoms with Crippen LogP contribution in [0, 0.1) is 0 Å². The first-order chi connectivity index (χ1) is 15.8. The maximum absolute atomic E-state index is 12.0. The molecule has 2 rings (SSSR count). The third-order valence-electron chi connectivity index (χ3n) is 4.08. The maximum Gasteiger partial charge on any atom is 0.483 e. The molecular formula is C14H22N2O16P2. The molecule has 1 aromatic heterocycles. The number of nitrogens with zero attached hydrogens (tertiary/aromatic N) is 1. The normalized spacial score (nSPS) is 27.1. The fourth-order valence-corrected chi connectivity index (χ4v) is 4.71. The Morgan fingerprint density at radius 1 is 1.18 bits per heavy atom. The van der Waals surface area contributed by atoms with Crippen molar-refractivity contribution in [2.45, 2.75) is 30.8 Å². The Bertz CT molecular complexity index is 1060. The summed E-state index contributed by atoms with van der Waals surface area (Å²) in [5.41, 5.74) is -1.72. The van der Waals surface area contributed by atoms with Crippen molar-refractivity contribution in [2.75, 3.05) is 26.4 Å². The summed E-state index contributed by atoms with van der Waals surface area (Å²) in [6.45, 7) is -3.83. The van der Waals surface area contributed by atoms with E-state index >= 15 is 0 Å². The van der Waals surface area contributed by atoms with Gasteiger partial charge in [0, 0.05) is 12.3 Å². The zero-order valence-electron chi connectivity index (χ0n) is 17.0. The molecule has 0 amide bonds. The predicted octanol–water partition coefficient (Wildman–Crippen LogP) is -3.70. The zero-order valence-corrected chi connectivity index (χ0v) is 18.8. The van der Waals surface area contributed by atoms with E-state index in [4.69, 9.17) is 14.9 Å². The van der Waals surface area contributed by atoms with Crippen molar-refractivity contribution in [3.63, 3.8) is 0 Å². The minimum atomic E-state index is -5.44. The van der Waals surface area contributed by atoms with E-state index in [0.29, 0.717) is 0 Å². The third kappa shape index (κ3) is 7.96. The second-order valence-electron chi connectivity index (χ2n) is 6.60. The number of carbonyl (C=O) groups excluding carboxylic acids is 1. The maximum atomic E-state index is 12.0. The number of aromatic amines is 1. The smallest absolute Gasteiger partial charge is 0.391 e. The van der Waals surface area contributed by atoms with Crippen LogP contribution in [0.5, 0.6) is 0 Å². The largest absolute Gasteiger partial charge is 0.483 e. The summed E-state index contributed by atoms with van der Waals surface area (Å²) in [5, 5.41) is 37.8. The number of ketones is 1. The Balaban J connectivity index is 1.97. The molecule has 0 spiro atoms. The minimum Gasteiger partial charge on any atom is -0.391 e. The number of hydrogen-bond acceptors (Lipinski definition) is 14. The van der Waals surface area contributed by atoms with Gasteiger partial charge in [-0.2, -0.15) is 4.31 Å². The van der Waals surface area contributed by atoms with Gasteiger partial charge < -0.3 is 39.7 Å². The molecule has 0 radical (unpaired) electrons. The SMILES string of the molecule is O=C(CO)CO[C@@H](CO)OP(=O)(O)OP(=O)(O)OC[C@H]1O[C@@H](n2ccc(=O)[nH]c2=O)[C@H](O)[C@@H]1O. The molecule has 20 heteroatoms. The number of aliphatic hydroxyl groups is 4. The van der Waals surface area contributed by atoms with Gasteiger partial charge in [-0.15, -0.1) is 0 Å². The average molecular weight is 536 g/mol. The van der Waals surface area contributed by atoms with Gasteiger partial charge in [-0.25, -0.2) is 13.9 Å². The van der Waals surface area contributed by atoms with E-state index in [2.05, 4.69) is 18.1 Å². The summed E-state index contributed by atoms with van der Waals surface area (Å²) in [4.78, 5) is 55.1. The fourth-order valence-electron chi connectivity index (χ4n) is 2.56. The van der Waals surface area contributed by atoms with E-state index in [1.807, 2.05) is 4.98 Å². The fraction of sp³-hybridized carbons (Fsp3) is 0.643. The van der Waals surface area contributed by atoms with Gasteiger partial charge >= 0.3 is 21.3 Å². The monoisotopic (exact) mass is 536 g/mol. The summed E-state index contributed by atoms with van der Waals surface area (Å²) in [7, 11) is -10.8. The number of hydrogen-bond donors (Lipinski definition) is 7.